The first kappa shape index (κ1) is 20.2. The Hall–Kier alpha value is -4.07. The van der Waals surface area contributed by atoms with Gasteiger partial charge < -0.3 is 14.5 Å². The van der Waals surface area contributed by atoms with E-state index in [1.165, 1.54) is 0 Å². The van der Waals surface area contributed by atoms with E-state index in [0.29, 0.717) is 22.9 Å². The largest absolute Gasteiger partial charge is 0.493 e. The predicted octanol–water partition coefficient (Wildman–Crippen LogP) is 4.12. The van der Waals surface area contributed by atoms with E-state index in [1.807, 2.05) is 62.5 Å². The summed E-state index contributed by atoms with van der Waals surface area (Å²) in [5.41, 5.74) is 6.12. The molecule has 0 spiro atoms. The molecule has 0 bridgehead atoms. The molecule has 0 aliphatic carbocycles. The van der Waals surface area contributed by atoms with Crippen molar-refractivity contribution in [3.8, 4) is 22.8 Å². The minimum absolute atomic E-state index is 0.0326. The highest BCUT2D eigenvalue weighted by Crippen LogP contribution is 2.32. The summed E-state index contributed by atoms with van der Waals surface area (Å²) in [6.07, 6.45) is 3.48. The standard InChI is InChI=1S/C23H23N5O3/c1-14(2)31-21-9-8-15(10-22(21)30-3)19-11-20(27-26-19)23(29)28-25-13-16-12-24-18-7-5-4-6-17(16)18/h4-14,24H,1-3H3,(H,26,27)(H,28,29)/b25-13+. The number of rotatable bonds is 7. The summed E-state index contributed by atoms with van der Waals surface area (Å²) >= 11 is 0. The number of nitrogens with zero attached hydrogens (tertiary/aromatic N) is 2. The third-order valence-corrected chi connectivity index (χ3v) is 4.64. The molecule has 2 aromatic heterocycles. The van der Waals surface area contributed by atoms with E-state index in [-0.39, 0.29) is 12.0 Å². The summed E-state index contributed by atoms with van der Waals surface area (Å²) in [5, 5.41) is 12.1. The molecule has 0 aliphatic rings. The van der Waals surface area contributed by atoms with Gasteiger partial charge in [-0.1, -0.05) is 18.2 Å². The summed E-state index contributed by atoms with van der Waals surface area (Å²) in [6, 6.07) is 15.1. The molecule has 0 aliphatic heterocycles. The minimum atomic E-state index is -0.387. The van der Waals surface area contributed by atoms with Gasteiger partial charge in [-0.25, -0.2) is 5.43 Å². The number of aromatic amines is 2. The Bertz CT molecular complexity index is 1240. The summed E-state index contributed by atoms with van der Waals surface area (Å²) in [6.45, 7) is 3.90. The molecule has 2 heterocycles. The summed E-state index contributed by atoms with van der Waals surface area (Å²) in [7, 11) is 1.58. The molecular formula is C23H23N5O3. The van der Waals surface area contributed by atoms with Gasteiger partial charge in [-0.3, -0.25) is 9.89 Å². The molecule has 0 radical (unpaired) electrons. The van der Waals surface area contributed by atoms with E-state index >= 15 is 0 Å². The zero-order chi connectivity index (χ0) is 21.8. The van der Waals surface area contributed by atoms with Crippen molar-refractivity contribution in [1.29, 1.82) is 0 Å². The van der Waals surface area contributed by atoms with Crippen LogP contribution in [-0.2, 0) is 0 Å². The molecule has 31 heavy (non-hydrogen) atoms. The molecule has 1 amide bonds. The number of benzene rings is 2. The van der Waals surface area contributed by atoms with Crippen molar-refractivity contribution in [2.45, 2.75) is 20.0 Å². The first-order chi connectivity index (χ1) is 15.0. The maximum absolute atomic E-state index is 12.4. The number of amides is 1. The van der Waals surface area contributed by atoms with Gasteiger partial charge in [-0.05, 0) is 44.2 Å². The van der Waals surface area contributed by atoms with Crippen molar-refractivity contribution in [1.82, 2.24) is 20.6 Å². The van der Waals surface area contributed by atoms with Crippen LogP contribution in [0.15, 0.2) is 59.8 Å². The Morgan fingerprint density at radius 3 is 2.81 bits per heavy atom. The van der Waals surface area contributed by atoms with Gasteiger partial charge in [0.05, 0.1) is 25.1 Å². The van der Waals surface area contributed by atoms with Crippen LogP contribution in [0.5, 0.6) is 11.5 Å². The molecule has 3 N–H and O–H groups in total. The number of nitrogens with one attached hydrogen (secondary N) is 3. The van der Waals surface area contributed by atoms with Gasteiger partial charge in [0, 0.05) is 28.2 Å². The molecule has 0 fully saturated rings. The maximum atomic E-state index is 12.4. The molecular weight excluding hydrogens is 394 g/mol. The first-order valence-corrected chi connectivity index (χ1v) is 9.85. The molecule has 0 saturated heterocycles. The molecule has 8 heteroatoms. The quantitative estimate of drug-likeness (QED) is 0.311. The van der Waals surface area contributed by atoms with Gasteiger partial charge in [0.2, 0.25) is 0 Å². The summed E-state index contributed by atoms with van der Waals surface area (Å²) in [4.78, 5) is 15.6. The number of para-hydroxylation sites is 1. The Balaban J connectivity index is 1.46. The molecule has 0 atom stereocenters. The van der Waals surface area contributed by atoms with Crippen LogP contribution in [0.4, 0.5) is 0 Å². The fraction of sp³-hybridized carbons (Fsp3) is 0.174. The Labute approximate surface area is 179 Å². The monoisotopic (exact) mass is 417 g/mol. The molecule has 8 nitrogen and oxygen atoms in total. The molecule has 4 rings (SSSR count). The van der Waals surface area contributed by atoms with E-state index in [2.05, 4.69) is 25.7 Å². The second kappa shape index (κ2) is 8.74. The number of hydrazone groups is 1. The van der Waals surface area contributed by atoms with Crippen LogP contribution < -0.4 is 14.9 Å². The fourth-order valence-electron chi connectivity index (χ4n) is 3.19. The first-order valence-electron chi connectivity index (χ1n) is 9.85. The van der Waals surface area contributed by atoms with E-state index in [4.69, 9.17) is 9.47 Å². The van der Waals surface area contributed by atoms with Gasteiger partial charge in [-0.15, -0.1) is 0 Å². The number of hydrogen-bond acceptors (Lipinski definition) is 5. The third-order valence-electron chi connectivity index (χ3n) is 4.64. The lowest BCUT2D eigenvalue weighted by Crippen LogP contribution is -2.17. The van der Waals surface area contributed by atoms with E-state index in [0.717, 1.165) is 22.0 Å². The van der Waals surface area contributed by atoms with Crippen molar-refractivity contribution >= 4 is 23.0 Å². The van der Waals surface area contributed by atoms with E-state index in [1.54, 1.807) is 19.4 Å². The number of H-pyrrole nitrogens is 2. The second-order valence-corrected chi connectivity index (χ2v) is 7.19. The summed E-state index contributed by atoms with van der Waals surface area (Å²) < 4.78 is 11.2. The number of ether oxygens (including phenoxy) is 2. The van der Waals surface area contributed by atoms with Crippen molar-refractivity contribution in [2.24, 2.45) is 5.10 Å². The lowest BCUT2D eigenvalue weighted by atomic mass is 10.1. The van der Waals surface area contributed by atoms with Crippen LogP contribution in [0.3, 0.4) is 0 Å². The van der Waals surface area contributed by atoms with Crippen molar-refractivity contribution in [2.75, 3.05) is 7.11 Å². The van der Waals surface area contributed by atoms with Gasteiger partial charge in [-0.2, -0.15) is 10.2 Å². The van der Waals surface area contributed by atoms with Gasteiger partial charge in [0.15, 0.2) is 11.5 Å². The Morgan fingerprint density at radius 2 is 2.00 bits per heavy atom. The lowest BCUT2D eigenvalue weighted by molar-refractivity contribution is 0.0950. The van der Waals surface area contributed by atoms with Crippen LogP contribution >= 0.6 is 0 Å². The molecule has 158 valence electrons. The number of fused-ring (bicyclic) bond motifs is 1. The SMILES string of the molecule is COc1cc(-c2cc(C(=O)N/N=C/c3c[nH]c4ccccc34)[nH]n2)ccc1OC(C)C. The number of hydrogen-bond donors (Lipinski definition) is 3. The van der Waals surface area contributed by atoms with Crippen molar-refractivity contribution < 1.29 is 14.3 Å². The average molecular weight is 417 g/mol. The molecule has 0 unspecified atom stereocenters. The molecule has 2 aromatic carbocycles. The lowest BCUT2D eigenvalue weighted by Gasteiger charge is -2.14. The second-order valence-electron chi connectivity index (χ2n) is 7.19. The number of methoxy groups -OCH3 is 1. The van der Waals surface area contributed by atoms with E-state index < -0.39 is 0 Å². The predicted molar refractivity (Wildman–Crippen MR) is 120 cm³/mol. The minimum Gasteiger partial charge on any atom is -0.493 e. The van der Waals surface area contributed by atoms with Crippen molar-refractivity contribution in [3.05, 3.63) is 66.0 Å². The normalized spacial score (nSPS) is 11.4. The maximum Gasteiger partial charge on any atom is 0.289 e. The highest BCUT2D eigenvalue weighted by Gasteiger charge is 2.13. The highest BCUT2D eigenvalue weighted by atomic mass is 16.5. The van der Waals surface area contributed by atoms with Crippen LogP contribution in [0.25, 0.3) is 22.2 Å². The van der Waals surface area contributed by atoms with Gasteiger partial charge in [0.25, 0.3) is 5.91 Å². The van der Waals surface area contributed by atoms with Crippen molar-refractivity contribution in [3.63, 3.8) is 0 Å². The highest BCUT2D eigenvalue weighted by molar-refractivity contribution is 6.00. The topological polar surface area (TPSA) is 104 Å². The van der Waals surface area contributed by atoms with Crippen LogP contribution in [0.2, 0.25) is 0 Å². The van der Waals surface area contributed by atoms with Crippen LogP contribution in [0.1, 0.15) is 29.9 Å². The third kappa shape index (κ3) is 4.42. The smallest absolute Gasteiger partial charge is 0.289 e. The average Bonchev–Trinajstić information content (AvgIpc) is 3.41. The van der Waals surface area contributed by atoms with Gasteiger partial charge >= 0.3 is 0 Å². The zero-order valence-electron chi connectivity index (χ0n) is 17.5. The molecule has 4 aromatic rings. The number of carbonyl (C=O) groups is 1. The Morgan fingerprint density at radius 1 is 1.16 bits per heavy atom. The van der Waals surface area contributed by atoms with Crippen LogP contribution in [-0.4, -0.2) is 40.5 Å². The number of aromatic nitrogens is 3. The van der Waals surface area contributed by atoms with Crippen LogP contribution in [0, 0.1) is 0 Å². The van der Waals surface area contributed by atoms with Gasteiger partial charge in [0.1, 0.15) is 5.69 Å². The van der Waals surface area contributed by atoms with E-state index in [9.17, 15) is 4.79 Å². The molecule has 0 saturated carbocycles. The fourth-order valence-corrected chi connectivity index (χ4v) is 3.19. The zero-order valence-corrected chi connectivity index (χ0v) is 17.5. The Kier molecular flexibility index (Phi) is 5.70. The number of carbonyl (C=O) groups excluding carboxylic acids is 1. The summed E-state index contributed by atoms with van der Waals surface area (Å²) in [5.74, 6) is 0.867.